The molecular formula is C21H27N3O2. The van der Waals surface area contributed by atoms with E-state index in [0.29, 0.717) is 0 Å². The van der Waals surface area contributed by atoms with Gasteiger partial charge in [0.1, 0.15) is 11.8 Å². The van der Waals surface area contributed by atoms with Gasteiger partial charge in [-0.2, -0.15) is 0 Å². The first-order valence-electron chi connectivity index (χ1n) is 9.12. The van der Waals surface area contributed by atoms with E-state index in [-0.39, 0.29) is 11.9 Å². The summed E-state index contributed by atoms with van der Waals surface area (Å²) in [5, 5.41) is 3.28. The van der Waals surface area contributed by atoms with Crippen LogP contribution in [0.25, 0.3) is 0 Å². The van der Waals surface area contributed by atoms with Gasteiger partial charge in [0.25, 0.3) is 0 Å². The molecule has 1 heterocycles. The van der Waals surface area contributed by atoms with Crippen LogP contribution in [-0.4, -0.2) is 55.0 Å². The van der Waals surface area contributed by atoms with Gasteiger partial charge in [0.2, 0.25) is 5.91 Å². The minimum atomic E-state index is -0.285. The van der Waals surface area contributed by atoms with Gasteiger partial charge in [0, 0.05) is 32.7 Å². The second kappa shape index (κ2) is 8.72. The lowest BCUT2D eigenvalue weighted by atomic mass is 10.2. The Labute approximate surface area is 155 Å². The highest BCUT2D eigenvalue weighted by atomic mass is 16.5. The Morgan fingerprint density at radius 1 is 1.04 bits per heavy atom. The van der Waals surface area contributed by atoms with E-state index in [9.17, 15) is 4.79 Å². The van der Waals surface area contributed by atoms with E-state index in [1.807, 2.05) is 42.2 Å². The number of carbonyl (C=O) groups excluding carboxylic acids is 1. The smallest absolute Gasteiger partial charge is 0.244 e. The molecule has 0 radical (unpaired) electrons. The zero-order valence-electron chi connectivity index (χ0n) is 15.5. The summed E-state index contributed by atoms with van der Waals surface area (Å²) in [5.74, 6) is 0.884. The lowest BCUT2D eigenvalue weighted by Crippen LogP contribution is -2.51. The predicted molar refractivity (Wildman–Crippen MR) is 104 cm³/mol. The lowest BCUT2D eigenvalue weighted by Gasteiger charge is -2.36. The van der Waals surface area contributed by atoms with Crippen molar-refractivity contribution in [3.05, 3.63) is 60.2 Å². The fraction of sp³-hybridized carbons (Fsp3) is 0.381. The number of carbonyl (C=O) groups is 1. The van der Waals surface area contributed by atoms with Gasteiger partial charge in [-0.25, -0.2) is 0 Å². The number of hydrogen-bond acceptors (Lipinski definition) is 4. The Balaban J connectivity index is 1.51. The van der Waals surface area contributed by atoms with Crippen molar-refractivity contribution in [1.82, 2.24) is 9.80 Å². The van der Waals surface area contributed by atoms with Gasteiger partial charge in [-0.05, 0) is 24.6 Å². The van der Waals surface area contributed by atoms with E-state index in [2.05, 4.69) is 34.5 Å². The van der Waals surface area contributed by atoms with Crippen LogP contribution in [0, 0.1) is 0 Å². The monoisotopic (exact) mass is 353 g/mol. The van der Waals surface area contributed by atoms with Crippen molar-refractivity contribution in [2.45, 2.75) is 19.5 Å². The molecule has 138 valence electrons. The molecule has 1 aliphatic heterocycles. The zero-order chi connectivity index (χ0) is 18.4. The first kappa shape index (κ1) is 18.3. The summed E-state index contributed by atoms with van der Waals surface area (Å²) in [6.45, 7) is 6.19. The third-order valence-corrected chi connectivity index (χ3v) is 4.78. The molecule has 1 N–H and O–H groups in total. The first-order valence-corrected chi connectivity index (χ1v) is 9.12. The van der Waals surface area contributed by atoms with E-state index in [4.69, 9.17) is 4.74 Å². The molecule has 1 saturated heterocycles. The molecule has 26 heavy (non-hydrogen) atoms. The lowest BCUT2D eigenvalue weighted by molar-refractivity contribution is -0.133. The molecule has 1 amide bonds. The topological polar surface area (TPSA) is 44.8 Å². The van der Waals surface area contributed by atoms with Gasteiger partial charge in [-0.3, -0.25) is 9.69 Å². The average molecular weight is 353 g/mol. The number of hydrogen-bond donors (Lipinski definition) is 1. The maximum absolute atomic E-state index is 12.8. The second-order valence-corrected chi connectivity index (χ2v) is 6.65. The molecule has 3 rings (SSSR count). The maximum atomic E-state index is 12.8. The number of ether oxygens (including phenoxy) is 1. The number of anilines is 1. The fourth-order valence-electron chi connectivity index (χ4n) is 3.30. The molecule has 0 aromatic heterocycles. The zero-order valence-corrected chi connectivity index (χ0v) is 15.5. The highest BCUT2D eigenvalue weighted by Gasteiger charge is 2.25. The van der Waals surface area contributed by atoms with Gasteiger partial charge < -0.3 is 15.0 Å². The summed E-state index contributed by atoms with van der Waals surface area (Å²) in [6, 6.07) is 17.9. The number of nitrogens with one attached hydrogen (secondary N) is 1. The van der Waals surface area contributed by atoms with Crippen molar-refractivity contribution >= 4 is 11.6 Å². The van der Waals surface area contributed by atoms with Crippen molar-refractivity contribution in [1.29, 1.82) is 0 Å². The van der Waals surface area contributed by atoms with Gasteiger partial charge in [0.05, 0.1) is 12.8 Å². The van der Waals surface area contributed by atoms with E-state index >= 15 is 0 Å². The quantitative estimate of drug-likeness (QED) is 0.867. The van der Waals surface area contributed by atoms with E-state index < -0.39 is 0 Å². The third-order valence-electron chi connectivity index (χ3n) is 4.78. The summed E-state index contributed by atoms with van der Waals surface area (Å²) < 4.78 is 5.35. The predicted octanol–water partition coefficient (Wildman–Crippen LogP) is 2.84. The highest BCUT2D eigenvalue weighted by molar-refractivity contribution is 5.85. The molecule has 1 unspecified atom stereocenters. The van der Waals surface area contributed by atoms with E-state index in [1.165, 1.54) is 5.56 Å². The number of benzene rings is 2. The van der Waals surface area contributed by atoms with Crippen LogP contribution < -0.4 is 10.1 Å². The number of amides is 1. The first-order chi connectivity index (χ1) is 12.7. The molecule has 0 spiro atoms. The summed E-state index contributed by atoms with van der Waals surface area (Å²) in [5.41, 5.74) is 2.16. The summed E-state index contributed by atoms with van der Waals surface area (Å²) in [7, 11) is 1.64. The Morgan fingerprint density at radius 3 is 2.38 bits per heavy atom. The van der Waals surface area contributed by atoms with Crippen LogP contribution in [0.4, 0.5) is 5.69 Å². The third kappa shape index (κ3) is 4.55. The van der Waals surface area contributed by atoms with Gasteiger partial charge >= 0.3 is 0 Å². The molecule has 2 aromatic rings. The summed E-state index contributed by atoms with van der Waals surface area (Å²) in [4.78, 5) is 17.1. The highest BCUT2D eigenvalue weighted by Crippen LogP contribution is 2.24. The maximum Gasteiger partial charge on any atom is 0.244 e. The fourth-order valence-corrected chi connectivity index (χ4v) is 3.30. The molecule has 1 fully saturated rings. The molecule has 0 bridgehead atoms. The largest absolute Gasteiger partial charge is 0.495 e. The van der Waals surface area contributed by atoms with Crippen LogP contribution in [-0.2, 0) is 11.3 Å². The number of methoxy groups -OCH3 is 1. The minimum absolute atomic E-state index is 0.135. The van der Waals surface area contributed by atoms with Crippen LogP contribution in [0.3, 0.4) is 0 Å². The number of nitrogens with zero attached hydrogens (tertiary/aromatic N) is 2. The normalized spacial score (nSPS) is 16.2. The van der Waals surface area contributed by atoms with Crippen LogP contribution in [0.15, 0.2) is 54.6 Å². The van der Waals surface area contributed by atoms with Crippen LogP contribution in [0.2, 0.25) is 0 Å². The Morgan fingerprint density at radius 2 is 1.69 bits per heavy atom. The van der Waals surface area contributed by atoms with Crippen molar-refractivity contribution in [3.8, 4) is 5.75 Å². The molecule has 5 nitrogen and oxygen atoms in total. The number of piperazine rings is 1. The minimum Gasteiger partial charge on any atom is -0.495 e. The molecule has 1 atom stereocenters. The van der Waals surface area contributed by atoms with Crippen molar-refractivity contribution in [2.75, 3.05) is 38.6 Å². The molecule has 0 saturated carbocycles. The average Bonchev–Trinajstić information content (AvgIpc) is 2.69. The number of rotatable bonds is 6. The van der Waals surface area contributed by atoms with E-state index in [1.54, 1.807) is 7.11 Å². The molecule has 0 aliphatic carbocycles. The summed E-state index contributed by atoms with van der Waals surface area (Å²) in [6.07, 6.45) is 0. The molecule has 2 aromatic carbocycles. The van der Waals surface area contributed by atoms with Crippen molar-refractivity contribution in [2.24, 2.45) is 0 Å². The van der Waals surface area contributed by atoms with Crippen LogP contribution in [0.5, 0.6) is 5.75 Å². The Hall–Kier alpha value is -2.53. The standard InChI is InChI=1S/C21H27N3O2/c1-17(22-19-10-6-7-11-20(19)26-2)21(25)24-14-12-23(13-15-24)16-18-8-4-3-5-9-18/h3-11,17,22H,12-16H2,1-2H3. The Bertz CT molecular complexity index is 712. The SMILES string of the molecule is COc1ccccc1NC(C)C(=O)N1CCN(Cc2ccccc2)CC1. The van der Waals surface area contributed by atoms with Crippen LogP contribution in [0.1, 0.15) is 12.5 Å². The van der Waals surface area contributed by atoms with Gasteiger partial charge in [-0.15, -0.1) is 0 Å². The van der Waals surface area contributed by atoms with Gasteiger partial charge in [0.15, 0.2) is 0 Å². The molecule has 5 heteroatoms. The van der Waals surface area contributed by atoms with Crippen LogP contribution >= 0.6 is 0 Å². The molecule has 1 aliphatic rings. The van der Waals surface area contributed by atoms with Crippen molar-refractivity contribution in [3.63, 3.8) is 0 Å². The second-order valence-electron chi connectivity index (χ2n) is 6.65. The van der Waals surface area contributed by atoms with Crippen molar-refractivity contribution < 1.29 is 9.53 Å². The van der Waals surface area contributed by atoms with E-state index in [0.717, 1.165) is 44.2 Å². The van der Waals surface area contributed by atoms with Gasteiger partial charge in [-0.1, -0.05) is 42.5 Å². The Kier molecular flexibility index (Phi) is 6.12. The number of para-hydroxylation sites is 2. The molecular weight excluding hydrogens is 326 g/mol. The summed E-state index contributed by atoms with van der Waals surface area (Å²) >= 11 is 0.